The van der Waals surface area contributed by atoms with Gasteiger partial charge in [-0.05, 0) is 12.1 Å². The van der Waals surface area contributed by atoms with Crippen LogP contribution in [0.3, 0.4) is 0 Å². The van der Waals surface area contributed by atoms with Gasteiger partial charge in [0, 0.05) is 18.0 Å². The highest BCUT2D eigenvalue weighted by Gasteiger charge is 2.09. The van der Waals surface area contributed by atoms with Gasteiger partial charge in [0.1, 0.15) is 11.3 Å². The molecule has 2 rings (SSSR count). The van der Waals surface area contributed by atoms with Crippen molar-refractivity contribution in [2.45, 2.75) is 0 Å². The van der Waals surface area contributed by atoms with E-state index in [4.69, 9.17) is 5.11 Å². The van der Waals surface area contributed by atoms with Gasteiger partial charge in [0.2, 0.25) is 0 Å². The molecule has 1 N–H and O–H groups in total. The largest absolute Gasteiger partial charge is 0.477 e. The molecule has 0 spiro atoms. The molecule has 0 amide bonds. The van der Waals surface area contributed by atoms with E-state index in [-0.39, 0.29) is 5.69 Å². The number of carboxylic acid groups (broad SMARTS) is 1. The Bertz CT molecular complexity index is 514. The fraction of sp³-hybridized carbons (Fsp3) is 0. The lowest BCUT2D eigenvalue weighted by Crippen LogP contribution is -2.04. The van der Waals surface area contributed by atoms with E-state index in [9.17, 15) is 4.79 Å². The molecule has 0 aromatic carbocycles. The Kier molecular flexibility index (Phi) is 1.81. The highest BCUT2D eigenvalue weighted by Crippen LogP contribution is 2.13. The van der Waals surface area contributed by atoms with Gasteiger partial charge in [-0.15, -0.1) is 0 Å². The topological polar surface area (TPSA) is 54.6 Å². The second-order valence-corrected chi connectivity index (χ2v) is 2.80. The smallest absolute Gasteiger partial charge is 0.352 e. The number of aromatic nitrogens is 2. The molecule has 2 aromatic rings. The van der Waals surface area contributed by atoms with E-state index in [1.807, 2.05) is 0 Å². The molecule has 70 valence electrons. The Morgan fingerprint density at radius 2 is 2.36 bits per heavy atom. The van der Waals surface area contributed by atoms with Crippen molar-refractivity contribution in [3.8, 4) is 0 Å². The molecule has 14 heavy (non-hydrogen) atoms. The lowest BCUT2D eigenvalue weighted by molar-refractivity contribution is 0.0689. The number of hydrogen-bond acceptors (Lipinski definition) is 2. The quantitative estimate of drug-likeness (QED) is 0.779. The van der Waals surface area contributed by atoms with Crippen LogP contribution in [-0.2, 0) is 0 Å². The van der Waals surface area contributed by atoms with Crippen molar-refractivity contribution in [2.24, 2.45) is 0 Å². The standard InChI is InChI=1S/C10H8N2O2/c1-2-7-3-4-8(10(13)14)12-6-5-11-9(7)12/h2-6H,1H2,(H,13,14). The fourth-order valence-corrected chi connectivity index (χ4v) is 1.37. The van der Waals surface area contributed by atoms with Crippen LogP contribution >= 0.6 is 0 Å². The summed E-state index contributed by atoms with van der Waals surface area (Å²) in [6.07, 6.45) is 4.83. The fourth-order valence-electron chi connectivity index (χ4n) is 1.37. The molecule has 0 aliphatic rings. The summed E-state index contributed by atoms with van der Waals surface area (Å²) < 4.78 is 1.53. The number of carboxylic acids is 1. The van der Waals surface area contributed by atoms with Gasteiger partial charge in [0.15, 0.2) is 0 Å². The summed E-state index contributed by atoms with van der Waals surface area (Å²) in [4.78, 5) is 14.9. The van der Waals surface area contributed by atoms with Crippen LogP contribution in [0.1, 0.15) is 16.1 Å². The van der Waals surface area contributed by atoms with Gasteiger partial charge in [-0.3, -0.25) is 4.40 Å². The van der Waals surface area contributed by atoms with E-state index in [2.05, 4.69) is 11.6 Å². The lowest BCUT2D eigenvalue weighted by atomic mass is 10.2. The molecule has 0 aliphatic heterocycles. The lowest BCUT2D eigenvalue weighted by Gasteiger charge is -2.02. The third kappa shape index (κ3) is 1.08. The molecule has 4 heteroatoms. The first-order valence-electron chi connectivity index (χ1n) is 4.06. The third-order valence-electron chi connectivity index (χ3n) is 2.02. The number of hydrogen-bond donors (Lipinski definition) is 1. The van der Waals surface area contributed by atoms with Crippen LogP contribution in [0.4, 0.5) is 0 Å². The Morgan fingerprint density at radius 3 is 3.00 bits per heavy atom. The maximum Gasteiger partial charge on any atom is 0.352 e. The molecule has 2 aromatic heterocycles. The van der Waals surface area contributed by atoms with E-state index in [0.29, 0.717) is 5.65 Å². The van der Waals surface area contributed by atoms with E-state index in [1.165, 1.54) is 10.5 Å². The summed E-state index contributed by atoms with van der Waals surface area (Å²) in [5.41, 5.74) is 1.63. The van der Waals surface area contributed by atoms with Crippen molar-refractivity contribution in [2.75, 3.05) is 0 Å². The normalized spacial score (nSPS) is 10.3. The average molecular weight is 188 g/mol. The predicted octanol–water partition coefficient (Wildman–Crippen LogP) is 1.68. The minimum atomic E-state index is -0.969. The molecule has 0 unspecified atom stereocenters. The molecular weight excluding hydrogens is 180 g/mol. The molecule has 0 bridgehead atoms. The minimum absolute atomic E-state index is 0.197. The molecule has 4 nitrogen and oxygen atoms in total. The number of pyridine rings is 1. The zero-order valence-electron chi connectivity index (χ0n) is 7.34. The Balaban J connectivity index is 2.84. The van der Waals surface area contributed by atoms with Crippen molar-refractivity contribution < 1.29 is 9.90 Å². The van der Waals surface area contributed by atoms with Gasteiger partial charge < -0.3 is 5.11 Å². The summed E-state index contributed by atoms with van der Waals surface area (Å²) >= 11 is 0. The van der Waals surface area contributed by atoms with Gasteiger partial charge in [0.05, 0.1) is 0 Å². The Labute approximate surface area is 80.1 Å². The van der Waals surface area contributed by atoms with Crippen molar-refractivity contribution in [3.05, 3.63) is 42.4 Å². The van der Waals surface area contributed by atoms with Gasteiger partial charge in [0.25, 0.3) is 0 Å². The molecule has 0 saturated carbocycles. The summed E-state index contributed by atoms with van der Waals surface area (Å²) in [5, 5.41) is 8.89. The molecule has 0 fully saturated rings. The molecular formula is C10H8N2O2. The Morgan fingerprint density at radius 1 is 1.57 bits per heavy atom. The number of fused-ring (bicyclic) bond motifs is 1. The van der Waals surface area contributed by atoms with Crippen LogP contribution in [0.5, 0.6) is 0 Å². The summed E-state index contributed by atoms with van der Waals surface area (Å²) in [7, 11) is 0. The number of nitrogens with zero attached hydrogens (tertiary/aromatic N) is 2. The van der Waals surface area contributed by atoms with Crippen LogP contribution < -0.4 is 0 Å². The Hall–Kier alpha value is -2.10. The van der Waals surface area contributed by atoms with Crippen LogP contribution in [0, 0.1) is 0 Å². The summed E-state index contributed by atoms with van der Waals surface area (Å²) in [6, 6.07) is 3.23. The molecule has 0 saturated heterocycles. The molecule has 0 atom stereocenters. The summed E-state index contributed by atoms with van der Waals surface area (Å²) in [5.74, 6) is -0.969. The van der Waals surface area contributed by atoms with Gasteiger partial charge in [-0.2, -0.15) is 0 Å². The third-order valence-corrected chi connectivity index (χ3v) is 2.02. The number of imidazole rings is 1. The van der Waals surface area contributed by atoms with E-state index in [1.54, 1.807) is 24.5 Å². The van der Waals surface area contributed by atoms with Crippen molar-refractivity contribution >= 4 is 17.7 Å². The molecule has 0 radical (unpaired) electrons. The van der Waals surface area contributed by atoms with Crippen molar-refractivity contribution in [1.82, 2.24) is 9.38 Å². The highest BCUT2D eigenvalue weighted by atomic mass is 16.4. The van der Waals surface area contributed by atoms with Gasteiger partial charge in [-0.1, -0.05) is 12.7 Å². The van der Waals surface area contributed by atoms with Crippen LogP contribution in [-0.4, -0.2) is 20.5 Å². The van der Waals surface area contributed by atoms with Crippen LogP contribution in [0.2, 0.25) is 0 Å². The minimum Gasteiger partial charge on any atom is -0.477 e. The molecule has 2 heterocycles. The first-order valence-corrected chi connectivity index (χ1v) is 4.06. The zero-order valence-corrected chi connectivity index (χ0v) is 7.34. The SMILES string of the molecule is C=Cc1ccc(C(=O)O)n2ccnc12. The second kappa shape index (κ2) is 2.99. The maximum atomic E-state index is 10.8. The second-order valence-electron chi connectivity index (χ2n) is 2.80. The van der Waals surface area contributed by atoms with Gasteiger partial charge >= 0.3 is 5.97 Å². The first kappa shape index (κ1) is 8.50. The first-order chi connectivity index (χ1) is 6.74. The summed E-state index contributed by atoms with van der Waals surface area (Å²) in [6.45, 7) is 3.63. The van der Waals surface area contributed by atoms with Gasteiger partial charge in [-0.25, -0.2) is 9.78 Å². The highest BCUT2D eigenvalue weighted by molar-refractivity contribution is 5.87. The average Bonchev–Trinajstić information content (AvgIpc) is 2.64. The molecule has 0 aliphatic carbocycles. The monoisotopic (exact) mass is 188 g/mol. The van der Waals surface area contributed by atoms with E-state index >= 15 is 0 Å². The zero-order chi connectivity index (χ0) is 10.1. The van der Waals surface area contributed by atoms with Crippen molar-refractivity contribution in [1.29, 1.82) is 0 Å². The number of aromatic carboxylic acids is 1. The van der Waals surface area contributed by atoms with Crippen LogP contribution in [0.25, 0.3) is 11.7 Å². The predicted molar refractivity (Wildman–Crippen MR) is 52.2 cm³/mol. The maximum absolute atomic E-state index is 10.8. The van der Waals surface area contributed by atoms with E-state index < -0.39 is 5.97 Å². The number of rotatable bonds is 2. The number of carbonyl (C=O) groups is 1. The van der Waals surface area contributed by atoms with Crippen molar-refractivity contribution in [3.63, 3.8) is 0 Å². The van der Waals surface area contributed by atoms with Crippen LogP contribution in [0.15, 0.2) is 31.1 Å². The van der Waals surface area contributed by atoms with E-state index in [0.717, 1.165) is 5.56 Å².